The summed E-state index contributed by atoms with van der Waals surface area (Å²) in [5.41, 5.74) is 0.846. The van der Waals surface area contributed by atoms with Gasteiger partial charge in [-0.15, -0.1) is 6.58 Å². The molecular formula is C12H13N3O2S. The number of anilines is 1. The Balaban J connectivity index is 2.63. The van der Waals surface area contributed by atoms with Gasteiger partial charge in [0.2, 0.25) is 0 Å². The van der Waals surface area contributed by atoms with Gasteiger partial charge in [0.15, 0.2) is 0 Å². The Morgan fingerprint density at radius 2 is 2.39 bits per heavy atom. The number of nitro benzene ring substituents is 1. The first-order valence-corrected chi connectivity index (χ1v) is 6.45. The van der Waals surface area contributed by atoms with Crippen LogP contribution in [-0.4, -0.2) is 23.0 Å². The van der Waals surface area contributed by atoms with Crippen LogP contribution in [0.2, 0.25) is 0 Å². The molecule has 0 saturated heterocycles. The van der Waals surface area contributed by atoms with Crippen LogP contribution in [-0.2, 0) is 0 Å². The summed E-state index contributed by atoms with van der Waals surface area (Å²) in [6.45, 7) is 4.32. The van der Waals surface area contributed by atoms with Gasteiger partial charge in [-0.2, -0.15) is 17.0 Å². The predicted molar refractivity (Wildman–Crippen MR) is 73.8 cm³/mol. The molecule has 5 nitrogen and oxygen atoms in total. The van der Waals surface area contributed by atoms with Gasteiger partial charge in [0.25, 0.3) is 5.69 Å². The van der Waals surface area contributed by atoms with Crippen molar-refractivity contribution in [3.8, 4) is 6.07 Å². The molecule has 0 aromatic heterocycles. The molecule has 0 atom stereocenters. The fraction of sp³-hybridized carbons (Fsp3) is 0.250. The number of nitrogens with zero attached hydrogens (tertiary/aromatic N) is 2. The summed E-state index contributed by atoms with van der Waals surface area (Å²) in [7, 11) is 0. The molecule has 0 saturated carbocycles. The van der Waals surface area contributed by atoms with E-state index in [1.54, 1.807) is 17.8 Å². The smallest absolute Gasteiger partial charge is 0.270 e. The van der Waals surface area contributed by atoms with Crippen molar-refractivity contribution in [2.45, 2.75) is 0 Å². The van der Waals surface area contributed by atoms with E-state index in [9.17, 15) is 10.1 Å². The first kappa shape index (κ1) is 14.1. The van der Waals surface area contributed by atoms with Crippen LogP contribution in [0.3, 0.4) is 0 Å². The van der Waals surface area contributed by atoms with E-state index in [4.69, 9.17) is 5.26 Å². The molecule has 0 aliphatic carbocycles. The summed E-state index contributed by atoms with van der Waals surface area (Å²) in [5, 5.41) is 22.6. The second kappa shape index (κ2) is 7.35. The van der Waals surface area contributed by atoms with Crippen LogP contribution >= 0.6 is 11.8 Å². The number of nitrogens with one attached hydrogen (secondary N) is 1. The highest BCUT2D eigenvalue weighted by Crippen LogP contribution is 2.21. The normalized spacial score (nSPS) is 9.50. The molecule has 0 radical (unpaired) electrons. The average Bonchev–Trinajstić information content (AvgIpc) is 2.38. The molecule has 1 N–H and O–H groups in total. The van der Waals surface area contributed by atoms with Crippen molar-refractivity contribution < 1.29 is 4.92 Å². The van der Waals surface area contributed by atoms with Crippen molar-refractivity contribution in [2.75, 3.05) is 23.4 Å². The SMILES string of the molecule is C=CCSCCNc1ccc([N+](=O)[O-])cc1C#N. The van der Waals surface area contributed by atoms with Gasteiger partial charge < -0.3 is 5.32 Å². The van der Waals surface area contributed by atoms with Crippen molar-refractivity contribution in [2.24, 2.45) is 0 Å². The number of hydrogen-bond donors (Lipinski definition) is 1. The lowest BCUT2D eigenvalue weighted by molar-refractivity contribution is -0.384. The van der Waals surface area contributed by atoms with Gasteiger partial charge in [0.1, 0.15) is 6.07 Å². The number of benzene rings is 1. The summed E-state index contributed by atoms with van der Waals surface area (Å²) in [4.78, 5) is 10.1. The topological polar surface area (TPSA) is 79.0 Å². The number of nitriles is 1. The second-order valence-corrected chi connectivity index (χ2v) is 4.54. The zero-order valence-corrected chi connectivity index (χ0v) is 10.6. The minimum absolute atomic E-state index is 0.0712. The fourth-order valence-electron chi connectivity index (χ4n) is 1.32. The standard InChI is InChI=1S/C12H13N3O2S/c1-2-6-18-7-5-14-12-4-3-11(15(16)17)8-10(12)9-13/h2-4,8,14H,1,5-7H2. The number of non-ortho nitro benzene ring substituents is 1. The lowest BCUT2D eigenvalue weighted by Gasteiger charge is -2.07. The largest absolute Gasteiger partial charge is 0.383 e. The summed E-state index contributed by atoms with van der Waals surface area (Å²) >= 11 is 1.72. The molecule has 94 valence electrons. The van der Waals surface area contributed by atoms with E-state index < -0.39 is 4.92 Å². The Labute approximate surface area is 110 Å². The molecule has 0 aliphatic heterocycles. The van der Waals surface area contributed by atoms with E-state index in [1.165, 1.54) is 12.1 Å². The van der Waals surface area contributed by atoms with Crippen LogP contribution in [0, 0.1) is 21.4 Å². The number of nitro groups is 1. The van der Waals surface area contributed by atoms with Crippen LogP contribution in [0.15, 0.2) is 30.9 Å². The molecule has 1 aromatic rings. The third-order valence-corrected chi connectivity index (χ3v) is 3.10. The average molecular weight is 263 g/mol. The molecule has 0 bridgehead atoms. The molecule has 0 heterocycles. The Kier molecular flexibility index (Phi) is 5.74. The van der Waals surface area contributed by atoms with Crippen molar-refractivity contribution in [1.82, 2.24) is 0 Å². The highest BCUT2D eigenvalue weighted by molar-refractivity contribution is 7.99. The third-order valence-electron chi connectivity index (χ3n) is 2.13. The first-order chi connectivity index (χ1) is 8.69. The summed E-state index contributed by atoms with van der Waals surface area (Å²) in [5.74, 6) is 1.76. The van der Waals surface area contributed by atoms with Gasteiger partial charge in [-0.25, -0.2) is 0 Å². The highest BCUT2D eigenvalue weighted by Gasteiger charge is 2.09. The van der Waals surface area contributed by atoms with Gasteiger partial charge in [0, 0.05) is 30.2 Å². The van der Waals surface area contributed by atoms with Crippen LogP contribution < -0.4 is 5.32 Å². The summed E-state index contributed by atoms with van der Waals surface area (Å²) in [6.07, 6.45) is 1.83. The minimum atomic E-state index is -0.509. The predicted octanol–water partition coefficient (Wildman–Crippen LogP) is 2.80. The van der Waals surface area contributed by atoms with Gasteiger partial charge in [-0.3, -0.25) is 10.1 Å². The Hall–Kier alpha value is -2.00. The summed E-state index contributed by atoms with van der Waals surface area (Å²) in [6, 6.07) is 6.18. The maximum atomic E-state index is 10.6. The highest BCUT2D eigenvalue weighted by atomic mass is 32.2. The molecule has 1 rings (SSSR count). The van der Waals surface area contributed by atoms with E-state index >= 15 is 0 Å². The fourth-order valence-corrected chi connectivity index (χ4v) is 1.90. The zero-order chi connectivity index (χ0) is 13.4. The molecular weight excluding hydrogens is 250 g/mol. The molecule has 18 heavy (non-hydrogen) atoms. The molecule has 0 unspecified atom stereocenters. The molecule has 6 heteroatoms. The van der Waals surface area contributed by atoms with Crippen LogP contribution in [0.1, 0.15) is 5.56 Å². The lowest BCUT2D eigenvalue weighted by atomic mass is 10.1. The number of rotatable bonds is 7. The molecule has 0 spiro atoms. The summed E-state index contributed by atoms with van der Waals surface area (Å²) < 4.78 is 0. The van der Waals surface area contributed by atoms with Crippen molar-refractivity contribution in [3.63, 3.8) is 0 Å². The quantitative estimate of drug-likeness (QED) is 0.354. The third kappa shape index (κ3) is 4.11. The molecule has 0 amide bonds. The van der Waals surface area contributed by atoms with Crippen LogP contribution in [0.4, 0.5) is 11.4 Å². The van der Waals surface area contributed by atoms with Gasteiger partial charge in [-0.05, 0) is 6.07 Å². The van der Waals surface area contributed by atoms with E-state index in [1.807, 2.05) is 12.1 Å². The van der Waals surface area contributed by atoms with E-state index in [2.05, 4.69) is 11.9 Å². The van der Waals surface area contributed by atoms with Gasteiger partial charge >= 0.3 is 0 Å². The Morgan fingerprint density at radius 1 is 1.61 bits per heavy atom. The van der Waals surface area contributed by atoms with E-state index in [0.717, 1.165) is 11.5 Å². The molecule has 1 aromatic carbocycles. The van der Waals surface area contributed by atoms with Gasteiger partial charge in [0.05, 0.1) is 16.2 Å². The van der Waals surface area contributed by atoms with Crippen molar-refractivity contribution >= 4 is 23.1 Å². The zero-order valence-electron chi connectivity index (χ0n) is 9.76. The van der Waals surface area contributed by atoms with Crippen molar-refractivity contribution in [3.05, 3.63) is 46.5 Å². The lowest BCUT2D eigenvalue weighted by Crippen LogP contribution is -2.06. The van der Waals surface area contributed by atoms with Crippen LogP contribution in [0.5, 0.6) is 0 Å². The number of thioether (sulfide) groups is 1. The van der Waals surface area contributed by atoms with E-state index in [0.29, 0.717) is 12.2 Å². The first-order valence-electron chi connectivity index (χ1n) is 5.30. The van der Waals surface area contributed by atoms with Gasteiger partial charge in [-0.1, -0.05) is 6.08 Å². The van der Waals surface area contributed by atoms with Crippen LogP contribution in [0.25, 0.3) is 0 Å². The minimum Gasteiger partial charge on any atom is -0.383 e. The molecule has 0 aliphatic rings. The van der Waals surface area contributed by atoms with E-state index in [-0.39, 0.29) is 11.3 Å². The van der Waals surface area contributed by atoms with Crippen molar-refractivity contribution in [1.29, 1.82) is 5.26 Å². The maximum Gasteiger partial charge on any atom is 0.270 e. The Morgan fingerprint density at radius 3 is 3.00 bits per heavy atom. The molecule has 0 fully saturated rings. The second-order valence-electron chi connectivity index (χ2n) is 3.39. The monoisotopic (exact) mass is 263 g/mol. The maximum absolute atomic E-state index is 10.6. The number of hydrogen-bond acceptors (Lipinski definition) is 5. The Bertz CT molecular complexity index is 483.